The minimum absolute atomic E-state index is 0.197. The zero-order chi connectivity index (χ0) is 22.5. The molecule has 0 bridgehead atoms. The predicted octanol–water partition coefficient (Wildman–Crippen LogP) is 7.64. The van der Waals surface area contributed by atoms with Crippen molar-refractivity contribution in [2.45, 2.75) is 20.4 Å². The number of aryl methyl sites for hydroxylation is 1. The summed E-state index contributed by atoms with van der Waals surface area (Å²) in [5.41, 5.74) is 2.84. The fourth-order valence-electron chi connectivity index (χ4n) is 3.14. The molecule has 0 spiro atoms. The molecule has 0 saturated heterocycles. The Kier molecular flexibility index (Phi) is 7.31. The molecule has 0 atom stereocenters. The number of allylic oxidation sites excluding steroid dienone is 1. The van der Waals surface area contributed by atoms with Gasteiger partial charge >= 0.3 is 6.55 Å². The molecule has 3 aromatic carbocycles. The summed E-state index contributed by atoms with van der Waals surface area (Å²) in [5, 5.41) is 3.41. The molecular formula is C24H20Cl2F2N2O. The highest BCUT2D eigenvalue weighted by molar-refractivity contribution is 6.34. The van der Waals surface area contributed by atoms with E-state index in [2.05, 4.69) is 5.32 Å². The Hall–Kier alpha value is -2.89. The molecule has 0 aliphatic carbocycles. The lowest BCUT2D eigenvalue weighted by Crippen LogP contribution is -2.27. The Morgan fingerprint density at radius 1 is 0.968 bits per heavy atom. The molecule has 3 nitrogen and oxygen atoms in total. The number of nitrogens with one attached hydrogen (secondary N) is 1. The summed E-state index contributed by atoms with van der Waals surface area (Å²) in [5.74, 6) is -0.351. The predicted molar refractivity (Wildman–Crippen MR) is 124 cm³/mol. The van der Waals surface area contributed by atoms with Crippen molar-refractivity contribution < 1.29 is 13.6 Å². The summed E-state index contributed by atoms with van der Waals surface area (Å²) in [6.45, 7) is 0.764. The molecule has 0 saturated carbocycles. The number of para-hydroxylation sites is 1. The van der Waals surface area contributed by atoms with Crippen LogP contribution in [0, 0.1) is 6.92 Å². The first kappa shape index (κ1) is 22.8. The van der Waals surface area contributed by atoms with E-state index < -0.39 is 6.55 Å². The maximum absolute atomic E-state index is 14.0. The van der Waals surface area contributed by atoms with Crippen LogP contribution in [0.1, 0.15) is 28.4 Å². The number of rotatable bonds is 6. The van der Waals surface area contributed by atoms with Crippen LogP contribution >= 0.6 is 23.2 Å². The maximum atomic E-state index is 14.0. The first-order valence-corrected chi connectivity index (χ1v) is 10.2. The van der Waals surface area contributed by atoms with Crippen LogP contribution in [-0.2, 0) is 0 Å². The molecule has 0 heterocycles. The van der Waals surface area contributed by atoms with Gasteiger partial charge in [-0.15, -0.1) is 0 Å². The lowest BCUT2D eigenvalue weighted by atomic mass is 10.1. The molecule has 3 aromatic rings. The highest BCUT2D eigenvalue weighted by atomic mass is 35.5. The van der Waals surface area contributed by atoms with Crippen molar-refractivity contribution in [1.29, 1.82) is 0 Å². The van der Waals surface area contributed by atoms with E-state index >= 15 is 0 Å². The lowest BCUT2D eigenvalue weighted by molar-refractivity contribution is 0.102. The van der Waals surface area contributed by atoms with Crippen LogP contribution in [0.5, 0.6) is 0 Å². The minimum atomic E-state index is -2.81. The van der Waals surface area contributed by atoms with Crippen LogP contribution in [0.25, 0.3) is 5.70 Å². The second-order valence-corrected chi connectivity index (χ2v) is 7.60. The monoisotopic (exact) mass is 460 g/mol. The molecule has 0 aromatic heterocycles. The van der Waals surface area contributed by atoms with E-state index in [-0.39, 0.29) is 22.3 Å². The number of alkyl halides is 2. The standard InChI is InChI=1S/C24H20Cl2F2N2O/c1-3-21(30(24(27)28)22-7-5-4-6-18(22)25)16-9-11-17(12-10-16)23(31)29-20-13-8-15(2)14-19(20)26/h3-14,24H,1-2H3,(H,29,31)/b21-3-. The number of halogens is 4. The van der Waals surface area contributed by atoms with E-state index in [0.717, 1.165) is 10.5 Å². The Labute approximate surface area is 189 Å². The molecule has 160 valence electrons. The summed E-state index contributed by atoms with van der Waals surface area (Å²) in [4.78, 5) is 13.4. The van der Waals surface area contributed by atoms with E-state index in [0.29, 0.717) is 21.8 Å². The summed E-state index contributed by atoms with van der Waals surface area (Å²) in [6.07, 6.45) is 1.58. The van der Waals surface area contributed by atoms with Crippen LogP contribution in [0.3, 0.4) is 0 Å². The fraction of sp³-hybridized carbons (Fsp3) is 0.125. The normalized spacial score (nSPS) is 11.5. The van der Waals surface area contributed by atoms with Gasteiger partial charge in [0.25, 0.3) is 5.91 Å². The third-order valence-electron chi connectivity index (χ3n) is 4.66. The van der Waals surface area contributed by atoms with Gasteiger partial charge in [-0.25, -0.2) is 0 Å². The molecule has 31 heavy (non-hydrogen) atoms. The van der Waals surface area contributed by atoms with Crippen LogP contribution in [-0.4, -0.2) is 12.5 Å². The molecule has 1 N–H and O–H groups in total. The zero-order valence-corrected chi connectivity index (χ0v) is 18.4. The third kappa shape index (κ3) is 5.24. The molecule has 0 aliphatic rings. The van der Waals surface area contributed by atoms with Crippen LogP contribution in [0.4, 0.5) is 20.2 Å². The van der Waals surface area contributed by atoms with Gasteiger partial charge in [0.1, 0.15) is 0 Å². The topological polar surface area (TPSA) is 32.3 Å². The highest BCUT2D eigenvalue weighted by Crippen LogP contribution is 2.35. The van der Waals surface area contributed by atoms with Gasteiger partial charge in [0.15, 0.2) is 0 Å². The number of hydrogen-bond donors (Lipinski definition) is 1. The second-order valence-electron chi connectivity index (χ2n) is 6.79. The zero-order valence-electron chi connectivity index (χ0n) is 16.9. The maximum Gasteiger partial charge on any atom is 0.319 e. The summed E-state index contributed by atoms with van der Waals surface area (Å²) in [6, 6.07) is 18.1. The van der Waals surface area contributed by atoms with Gasteiger partial charge in [-0.05, 0) is 61.4 Å². The highest BCUT2D eigenvalue weighted by Gasteiger charge is 2.24. The number of anilines is 2. The van der Waals surface area contributed by atoms with Crippen molar-refractivity contribution in [2.75, 3.05) is 10.2 Å². The molecule has 0 aliphatic heterocycles. The minimum Gasteiger partial charge on any atom is -0.321 e. The first-order chi connectivity index (χ1) is 14.8. The smallest absolute Gasteiger partial charge is 0.319 e. The Morgan fingerprint density at radius 2 is 1.61 bits per heavy atom. The second kappa shape index (κ2) is 9.94. The van der Waals surface area contributed by atoms with Gasteiger partial charge in [-0.2, -0.15) is 8.78 Å². The van der Waals surface area contributed by atoms with Crippen molar-refractivity contribution in [3.63, 3.8) is 0 Å². The van der Waals surface area contributed by atoms with Crippen LogP contribution in [0.2, 0.25) is 10.0 Å². The molecule has 0 unspecified atom stereocenters. The summed E-state index contributed by atoms with van der Waals surface area (Å²) in [7, 11) is 0. The van der Waals surface area contributed by atoms with E-state index in [4.69, 9.17) is 23.2 Å². The molecule has 3 rings (SSSR count). The largest absolute Gasteiger partial charge is 0.321 e. The van der Waals surface area contributed by atoms with Crippen molar-refractivity contribution in [3.05, 3.63) is 99.5 Å². The fourth-order valence-corrected chi connectivity index (χ4v) is 3.65. The molecular weight excluding hydrogens is 441 g/mol. The van der Waals surface area contributed by atoms with E-state index in [9.17, 15) is 13.6 Å². The van der Waals surface area contributed by atoms with Crippen molar-refractivity contribution in [1.82, 2.24) is 0 Å². The van der Waals surface area contributed by atoms with Gasteiger partial charge in [-0.1, -0.05) is 59.6 Å². The van der Waals surface area contributed by atoms with Crippen LogP contribution in [0.15, 0.2) is 72.8 Å². The van der Waals surface area contributed by atoms with Crippen LogP contribution < -0.4 is 10.2 Å². The average molecular weight is 461 g/mol. The number of amides is 1. The number of carbonyl (C=O) groups excluding carboxylic acids is 1. The summed E-state index contributed by atoms with van der Waals surface area (Å²) < 4.78 is 27.9. The third-order valence-corrected chi connectivity index (χ3v) is 5.29. The quantitative estimate of drug-likeness (QED) is 0.383. The lowest BCUT2D eigenvalue weighted by Gasteiger charge is -2.27. The molecule has 0 radical (unpaired) electrons. The van der Waals surface area contributed by atoms with Gasteiger partial charge in [0.05, 0.1) is 21.4 Å². The molecule has 7 heteroatoms. The number of nitrogens with zero attached hydrogens (tertiary/aromatic N) is 1. The number of benzene rings is 3. The van der Waals surface area contributed by atoms with Gasteiger partial charge in [-0.3, -0.25) is 9.69 Å². The van der Waals surface area contributed by atoms with E-state index in [1.807, 2.05) is 13.0 Å². The summed E-state index contributed by atoms with van der Waals surface area (Å²) >= 11 is 12.3. The molecule has 0 fully saturated rings. The van der Waals surface area contributed by atoms with Crippen molar-refractivity contribution >= 4 is 46.2 Å². The van der Waals surface area contributed by atoms with Gasteiger partial charge < -0.3 is 5.32 Å². The van der Waals surface area contributed by atoms with Crippen molar-refractivity contribution in [3.8, 4) is 0 Å². The molecule has 1 amide bonds. The number of hydrogen-bond acceptors (Lipinski definition) is 2. The first-order valence-electron chi connectivity index (χ1n) is 9.48. The van der Waals surface area contributed by atoms with Gasteiger partial charge in [0.2, 0.25) is 0 Å². The van der Waals surface area contributed by atoms with E-state index in [1.54, 1.807) is 67.6 Å². The van der Waals surface area contributed by atoms with Gasteiger partial charge in [0, 0.05) is 11.3 Å². The average Bonchev–Trinajstić information content (AvgIpc) is 2.74. The Balaban J connectivity index is 1.86. The number of carbonyl (C=O) groups is 1. The van der Waals surface area contributed by atoms with E-state index in [1.165, 1.54) is 6.07 Å². The van der Waals surface area contributed by atoms with Crippen molar-refractivity contribution in [2.24, 2.45) is 0 Å². The Morgan fingerprint density at radius 3 is 2.19 bits per heavy atom. The SMILES string of the molecule is C/C=C(/c1ccc(C(=O)Nc2ccc(C)cc2Cl)cc1)N(c1ccccc1Cl)C(F)F. The Bertz CT molecular complexity index is 1110.